The standard InChI is InChI=1S/C15H16N2O3/c1-9-5-7-17(13(9)15(19)20)14(18)11-3-2-10-4-6-16-12(10)8-11/h2-4,6,8-9,13,16H,5,7H2,1H3,(H,19,20). The Labute approximate surface area is 116 Å². The largest absolute Gasteiger partial charge is 0.480 e. The Balaban J connectivity index is 1.93. The maximum Gasteiger partial charge on any atom is 0.326 e. The van der Waals surface area contributed by atoms with Gasteiger partial charge in [0.1, 0.15) is 6.04 Å². The normalized spacial score (nSPS) is 22.4. The van der Waals surface area contributed by atoms with E-state index < -0.39 is 12.0 Å². The van der Waals surface area contributed by atoms with Crippen LogP contribution in [-0.4, -0.2) is 39.5 Å². The molecule has 1 aromatic heterocycles. The minimum atomic E-state index is -0.927. The van der Waals surface area contributed by atoms with Crippen LogP contribution in [0.5, 0.6) is 0 Å². The Kier molecular flexibility index (Phi) is 2.97. The fraction of sp³-hybridized carbons (Fsp3) is 0.333. The summed E-state index contributed by atoms with van der Waals surface area (Å²) in [7, 11) is 0. The molecule has 0 aliphatic carbocycles. The number of fused-ring (bicyclic) bond motifs is 1. The molecule has 3 rings (SSSR count). The lowest BCUT2D eigenvalue weighted by Crippen LogP contribution is -2.42. The van der Waals surface area contributed by atoms with E-state index in [0.29, 0.717) is 12.1 Å². The lowest BCUT2D eigenvalue weighted by Gasteiger charge is -2.23. The van der Waals surface area contributed by atoms with Crippen LogP contribution in [-0.2, 0) is 4.79 Å². The summed E-state index contributed by atoms with van der Waals surface area (Å²) in [5.74, 6) is -1.15. The third-order valence-corrected chi connectivity index (χ3v) is 4.02. The van der Waals surface area contributed by atoms with Crippen molar-refractivity contribution in [2.75, 3.05) is 6.54 Å². The van der Waals surface area contributed by atoms with Crippen molar-refractivity contribution in [3.05, 3.63) is 36.0 Å². The van der Waals surface area contributed by atoms with Crippen LogP contribution >= 0.6 is 0 Å². The molecule has 104 valence electrons. The van der Waals surface area contributed by atoms with E-state index in [2.05, 4.69) is 4.98 Å². The number of likely N-dealkylation sites (tertiary alicyclic amines) is 1. The van der Waals surface area contributed by atoms with E-state index in [1.807, 2.05) is 25.3 Å². The van der Waals surface area contributed by atoms with Gasteiger partial charge in [-0.3, -0.25) is 4.79 Å². The van der Waals surface area contributed by atoms with Crippen LogP contribution < -0.4 is 0 Å². The van der Waals surface area contributed by atoms with Gasteiger partial charge < -0.3 is 15.0 Å². The zero-order valence-corrected chi connectivity index (χ0v) is 11.2. The van der Waals surface area contributed by atoms with Crippen molar-refractivity contribution in [2.24, 2.45) is 5.92 Å². The Bertz CT molecular complexity index is 677. The number of benzene rings is 1. The number of nitrogens with zero attached hydrogens (tertiary/aromatic N) is 1. The number of aromatic nitrogens is 1. The molecule has 2 aromatic rings. The zero-order chi connectivity index (χ0) is 14.3. The van der Waals surface area contributed by atoms with Crippen LogP contribution in [0.1, 0.15) is 23.7 Å². The fourth-order valence-electron chi connectivity index (χ4n) is 2.90. The molecule has 5 nitrogen and oxygen atoms in total. The number of carbonyl (C=O) groups is 2. The first kappa shape index (κ1) is 12.7. The molecule has 1 aliphatic heterocycles. The number of carboxylic acid groups (broad SMARTS) is 1. The molecule has 0 saturated carbocycles. The van der Waals surface area contributed by atoms with Crippen molar-refractivity contribution < 1.29 is 14.7 Å². The predicted octanol–water partition coefficient (Wildman–Crippen LogP) is 2.10. The van der Waals surface area contributed by atoms with Crippen molar-refractivity contribution in [2.45, 2.75) is 19.4 Å². The van der Waals surface area contributed by atoms with Crippen LogP contribution in [0.4, 0.5) is 0 Å². The van der Waals surface area contributed by atoms with Gasteiger partial charge in [0.15, 0.2) is 0 Å². The number of carboxylic acids is 1. The number of amides is 1. The second-order valence-corrected chi connectivity index (χ2v) is 5.33. The molecule has 2 atom stereocenters. The number of H-pyrrole nitrogens is 1. The average molecular weight is 272 g/mol. The molecule has 5 heteroatoms. The van der Waals surface area contributed by atoms with Crippen molar-refractivity contribution >= 4 is 22.8 Å². The maximum absolute atomic E-state index is 12.5. The van der Waals surface area contributed by atoms with Crippen LogP contribution in [0.2, 0.25) is 0 Å². The molecule has 1 aliphatic rings. The molecule has 1 aromatic carbocycles. The number of rotatable bonds is 2. The highest BCUT2D eigenvalue weighted by atomic mass is 16.4. The van der Waals surface area contributed by atoms with Crippen LogP contribution in [0.25, 0.3) is 10.9 Å². The van der Waals surface area contributed by atoms with Gasteiger partial charge in [-0.05, 0) is 35.9 Å². The first-order chi connectivity index (χ1) is 9.58. The topological polar surface area (TPSA) is 73.4 Å². The monoisotopic (exact) mass is 272 g/mol. The number of nitrogens with one attached hydrogen (secondary N) is 1. The van der Waals surface area contributed by atoms with Crippen LogP contribution in [0.3, 0.4) is 0 Å². The third kappa shape index (κ3) is 1.95. The smallest absolute Gasteiger partial charge is 0.326 e. The molecule has 0 radical (unpaired) electrons. The summed E-state index contributed by atoms with van der Waals surface area (Å²) in [6.07, 6.45) is 2.55. The number of carbonyl (C=O) groups excluding carboxylic acids is 1. The Morgan fingerprint density at radius 2 is 2.15 bits per heavy atom. The molecule has 1 saturated heterocycles. The second kappa shape index (κ2) is 4.67. The van der Waals surface area contributed by atoms with Gasteiger partial charge in [0.05, 0.1) is 0 Å². The average Bonchev–Trinajstić information content (AvgIpc) is 3.02. The highest BCUT2D eigenvalue weighted by Crippen LogP contribution is 2.26. The van der Waals surface area contributed by atoms with Gasteiger partial charge in [-0.2, -0.15) is 0 Å². The lowest BCUT2D eigenvalue weighted by atomic mass is 10.0. The number of hydrogen-bond donors (Lipinski definition) is 2. The first-order valence-corrected chi connectivity index (χ1v) is 6.69. The Hall–Kier alpha value is -2.30. The van der Waals surface area contributed by atoms with E-state index in [-0.39, 0.29) is 11.8 Å². The molecule has 2 unspecified atom stereocenters. The molecule has 0 spiro atoms. The maximum atomic E-state index is 12.5. The molecule has 1 fully saturated rings. The van der Waals surface area contributed by atoms with E-state index in [0.717, 1.165) is 17.3 Å². The summed E-state index contributed by atoms with van der Waals surface area (Å²) in [6.45, 7) is 2.37. The molecule has 1 amide bonds. The van der Waals surface area contributed by atoms with E-state index in [1.54, 1.807) is 12.1 Å². The molecule has 2 N–H and O–H groups in total. The van der Waals surface area contributed by atoms with Crippen molar-refractivity contribution in [1.82, 2.24) is 9.88 Å². The first-order valence-electron chi connectivity index (χ1n) is 6.69. The van der Waals surface area contributed by atoms with Crippen LogP contribution in [0, 0.1) is 5.92 Å². The highest BCUT2D eigenvalue weighted by molar-refractivity contribution is 5.99. The summed E-state index contributed by atoms with van der Waals surface area (Å²) in [5.41, 5.74) is 1.41. The zero-order valence-electron chi connectivity index (χ0n) is 11.2. The number of aliphatic carboxylic acids is 1. The van der Waals surface area contributed by atoms with E-state index in [1.165, 1.54) is 4.90 Å². The third-order valence-electron chi connectivity index (χ3n) is 4.02. The molecule has 20 heavy (non-hydrogen) atoms. The fourth-order valence-corrected chi connectivity index (χ4v) is 2.90. The highest BCUT2D eigenvalue weighted by Gasteiger charge is 2.39. The van der Waals surface area contributed by atoms with Gasteiger partial charge in [0, 0.05) is 23.8 Å². The van der Waals surface area contributed by atoms with Crippen molar-refractivity contribution in [3.8, 4) is 0 Å². The Morgan fingerprint density at radius 1 is 1.35 bits per heavy atom. The molecular weight excluding hydrogens is 256 g/mol. The Morgan fingerprint density at radius 3 is 2.90 bits per heavy atom. The molecule has 2 heterocycles. The summed E-state index contributed by atoms with van der Waals surface area (Å²) in [6, 6.07) is 6.61. The van der Waals surface area contributed by atoms with Gasteiger partial charge in [0.2, 0.25) is 0 Å². The number of aromatic amines is 1. The van der Waals surface area contributed by atoms with E-state index in [9.17, 15) is 14.7 Å². The molecular formula is C15H16N2O3. The minimum absolute atomic E-state index is 0.00864. The van der Waals surface area contributed by atoms with Gasteiger partial charge in [-0.1, -0.05) is 13.0 Å². The second-order valence-electron chi connectivity index (χ2n) is 5.33. The predicted molar refractivity (Wildman–Crippen MR) is 74.5 cm³/mol. The van der Waals surface area contributed by atoms with Crippen molar-refractivity contribution in [1.29, 1.82) is 0 Å². The summed E-state index contributed by atoms with van der Waals surface area (Å²) < 4.78 is 0. The van der Waals surface area contributed by atoms with Crippen LogP contribution in [0.15, 0.2) is 30.5 Å². The summed E-state index contributed by atoms with van der Waals surface area (Å²) in [4.78, 5) is 28.4. The summed E-state index contributed by atoms with van der Waals surface area (Å²) in [5, 5.41) is 10.3. The SMILES string of the molecule is CC1CCN(C(=O)c2ccc3cc[nH]c3c2)C1C(=O)O. The lowest BCUT2D eigenvalue weighted by molar-refractivity contribution is -0.142. The van der Waals surface area contributed by atoms with Gasteiger partial charge in [0.25, 0.3) is 5.91 Å². The number of hydrogen-bond acceptors (Lipinski definition) is 2. The van der Waals surface area contributed by atoms with Gasteiger partial charge >= 0.3 is 5.97 Å². The van der Waals surface area contributed by atoms with Gasteiger partial charge in [-0.25, -0.2) is 4.79 Å². The van der Waals surface area contributed by atoms with E-state index >= 15 is 0 Å². The summed E-state index contributed by atoms with van der Waals surface area (Å²) >= 11 is 0. The quantitative estimate of drug-likeness (QED) is 0.879. The van der Waals surface area contributed by atoms with Crippen molar-refractivity contribution in [3.63, 3.8) is 0 Å². The van der Waals surface area contributed by atoms with Gasteiger partial charge in [-0.15, -0.1) is 0 Å². The molecule has 0 bridgehead atoms. The minimum Gasteiger partial charge on any atom is -0.480 e. The van der Waals surface area contributed by atoms with E-state index in [4.69, 9.17) is 0 Å².